The summed E-state index contributed by atoms with van der Waals surface area (Å²) in [4.78, 5) is 45.7. The van der Waals surface area contributed by atoms with Crippen LogP contribution in [0.3, 0.4) is 0 Å². The van der Waals surface area contributed by atoms with Crippen LogP contribution in [0.4, 0.5) is 5.69 Å². The standard InChI is InChI=1S/C30H40N4O7/c1-13(2)12-34-8-7-18(32(3)4)15-11-19(35)21-16(23(15)34)9-14-10-17-24(33(5)6)26(37)22(29(31)40)28(39)30(17,41)27(38)20(14)25(21)36/h11,13-14,17-18,24,35,37-38,41H,7-10,12H2,1-6H3,(H2,31,40)/t14-,17-,18?,24-,30+/m1/s1. The normalized spacial score (nSPS) is 29.7. The number of likely N-dealkylation sites (N-methyl/N-ethyl adjacent to an activating group) is 1. The van der Waals surface area contributed by atoms with Gasteiger partial charge >= 0.3 is 0 Å². The van der Waals surface area contributed by atoms with Gasteiger partial charge in [0.15, 0.2) is 11.4 Å². The number of Topliss-reactive ketones (excluding diaryl/α,β-unsaturated/α-hetero) is 2. The van der Waals surface area contributed by atoms with Crippen molar-refractivity contribution in [2.75, 3.05) is 46.2 Å². The summed E-state index contributed by atoms with van der Waals surface area (Å²) in [7, 11) is 7.20. The van der Waals surface area contributed by atoms with Crippen LogP contribution in [0.1, 0.15) is 54.2 Å². The lowest BCUT2D eigenvalue weighted by Gasteiger charge is -2.50. The van der Waals surface area contributed by atoms with Crippen molar-refractivity contribution < 1.29 is 34.8 Å². The Kier molecular flexibility index (Phi) is 6.99. The van der Waals surface area contributed by atoms with E-state index in [0.717, 1.165) is 30.8 Å². The molecule has 11 heteroatoms. The van der Waals surface area contributed by atoms with E-state index >= 15 is 0 Å². The number of aliphatic hydroxyl groups excluding tert-OH is 2. The van der Waals surface area contributed by atoms with Gasteiger partial charge in [-0.3, -0.25) is 19.3 Å². The maximum absolute atomic E-state index is 14.1. The topological polar surface area (TPSA) is 168 Å². The minimum Gasteiger partial charge on any atom is -0.510 e. The van der Waals surface area contributed by atoms with Gasteiger partial charge in [0.05, 0.1) is 11.6 Å². The Balaban J connectivity index is 1.73. The van der Waals surface area contributed by atoms with Crippen LogP contribution < -0.4 is 10.6 Å². The van der Waals surface area contributed by atoms with Crippen molar-refractivity contribution in [1.29, 1.82) is 0 Å². The van der Waals surface area contributed by atoms with Crippen LogP contribution in [-0.2, 0) is 16.0 Å². The molecule has 0 bridgehead atoms. The first-order valence-corrected chi connectivity index (χ1v) is 14.1. The van der Waals surface area contributed by atoms with Crippen LogP contribution in [0.15, 0.2) is 28.7 Å². The van der Waals surface area contributed by atoms with Crippen LogP contribution >= 0.6 is 0 Å². The highest BCUT2D eigenvalue weighted by Gasteiger charge is 2.63. The molecular formula is C30H40N4O7. The minimum absolute atomic E-state index is 0.0323. The van der Waals surface area contributed by atoms with Crippen LogP contribution in [-0.4, -0.2) is 101 Å². The van der Waals surface area contributed by atoms with Gasteiger partial charge in [0.1, 0.15) is 22.8 Å². The zero-order valence-corrected chi connectivity index (χ0v) is 24.4. The number of hydrogen-bond donors (Lipinski definition) is 5. The number of ketones is 2. The number of benzene rings is 1. The zero-order chi connectivity index (χ0) is 30.3. The van der Waals surface area contributed by atoms with Gasteiger partial charge in [-0.1, -0.05) is 13.8 Å². The molecule has 5 atom stereocenters. The molecule has 0 radical (unpaired) electrons. The average molecular weight is 569 g/mol. The van der Waals surface area contributed by atoms with Crippen LogP contribution in [0.25, 0.3) is 0 Å². The van der Waals surface area contributed by atoms with Gasteiger partial charge in [-0.2, -0.15) is 0 Å². The number of phenolic OH excluding ortho intramolecular Hbond substituents is 1. The summed E-state index contributed by atoms with van der Waals surface area (Å²) < 4.78 is 0. The summed E-state index contributed by atoms with van der Waals surface area (Å²) >= 11 is 0. The second-order valence-corrected chi connectivity index (χ2v) is 12.8. The van der Waals surface area contributed by atoms with Crippen molar-refractivity contribution in [2.24, 2.45) is 23.5 Å². The molecule has 1 aliphatic heterocycles. The number of aliphatic hydroxyl groups is 3. The number of amides is 1. The van der Waals surface area contributed by atoms with E-state index < -0.39 is 58.0 Å². The van der Waals surface area contributed by atoms with Gasteiger partial charge in [-0.15, -0.1) is 0 Å². The molecule has 3 aliphatic carbocycles. The molecule has 1 amide bonds. The highest BCUT2D eigenvalue weighted by molar-refractivity contribution is 6.25. The number of primary amides is 1. The first-order chi connectivity index (χ1) is 19.1. The van der Waals surface area contributed by atoms with Gasteiger partial charge < -0.3 is 36.0 Å². The lowest BCUT2D eigenvalue weighted by molar-refractivity contribution is -0.148. The van der Waals surface area contributed by atoms with Crippen LogP contribution in [0.2, 0.25) is 0 Å². The molecule has 4 aliphatic rings. The second-order valence-electron chi connectivity index (χ2n) is 12.8. The van der Waals surface area contributed by atoms with Crippen molar-refractivity contribution in [3.05, 3.63) is 45.4 Å². The molecule has 0 spiro atoms. The Labute approximate surface area is 239 Å². The number of nitrogens with zero attached hydrogens (tertiary/aromatic N) is 3. The van der Waals surface area contributed by atoms with E-state index in [1.54, 1.807) is 25.1 Å². The second kappa shape index (κ2) is 9.85. The number of phenols is 1. The van der Waals surface area contributed by atoms with E-state index in [-0.39, 0.29) is 35.8 Å². The molecule has 0 saturated heterocycles. The fourth-order valence-corrected chi connectivity index (χ4v) is 7.67. The third-order valence-electron chi connectivity index (χ3n) is 9.28. The third-order valence-corrected chi connectivity index (χ3v) is 9.28. The predicted octanol–water partition coefficient (Wildman–Crippen LogP) is 1.59. The lowest BCUT2D eigenvalue weighted by atomic mass is 9.58. The van der Waals surface area contributed by atoms with Crippen molar-refractivity contribution in [2.45, 2.75) is 50.8 Å². The largest absolute Gasteiger partial charge is 0.510 e. The van der Waals surface area contributed by atoms with Crippen LogP contribution in [0.5, 0.6) is 5.75 Å². The third kappa shape index (κ3) is 4.08. The summed E-state index contributed by atoms with van der Waals surface area (Å²) in [5, 5.41) is 45.6. The fourth-order valence-electron chi connectivity index (χ4n) is 7.67. The Morgan fingerprint density at radius 1 is 1.15 bits per heavy atom. The van der Waals surface area contributed by atoms with Crippen LogP contribution in [0, 0.1) is 17.8 Å². The number of allylic oxidation sites excluding steroid dienone is 1. The molecular weight excluding hydrogens is 528 g/mol. The van der Waals surface area contributed by atoms with Crippen molar-refractivity contribution >= 4 is 23.2 Å². The van der Waals surface area contributed by atoms with Crippen molar-refractivity contribution in [1.82, 2.24) is 9.80 Å². The first-order valence-electron chi connectivity index (χ1n) is 14.1. The molecule has 5 rings (SSSR count). The van der Waals surface area contributed by atoms with E-state index in [4.69, 9.17) is 5.73 Å². The molecule has 6 N–H and O–H groups in total. The SMILES string of the molecule is CC(C)CN1CCC(N(C)C)c2cc(O)c3c(c21)C[C@@H]1C[C@@H]2[C@@H](N(C)C)C(O)=C(C(N)=O)C(=O)[C@@]2(O)C(O)=C1C3=O. The number of anilines is 1. The molecule has 1 heterocycles. The number of carbonyl (C=O) groups is 3. The number of hydrogen-bond acceptors (Lipinski definition) is 10. The molecule has 0 aromatic heterocycles. The first kappa shape index (κ1) is 29.1. The number of carbonyl (C=O) groups excluding carboxylic acids is 3. The summed E-state index contributed by atoms with van der Waals surface area (Å²) in [6.07, 6.45) is 1.20. The summed E-state index contributed by atoms with van der Waals surface area (Å²) in [5.41, 5.74) is 4.39. The highest BCUT2D eigenvalue weighted by atomic mass is 16.3. The maximum Gasteiger partial charge on any atom is 0.255 e. The molecule has 1 aromatic rings. The summed E-state index contributed by atoms with van der Waals surface area (Å²) in [6.45, 7) is 5.77. The summed E-state index contributed by atoms with van der Waals surface area (Å²) in [5.74, 6) is -6.09. The molecule has 222 valence electrons. The Morgan fingerprint density at radius 2 is 1.80 bits per heavy atom. The monoisotopic (exact) mass is 568 g/mol. The van der Waals surface area contributed by atoms with Gasteiger partial charge in [-0.05, 0) is 76.5 Å². The minimum atomic E-state index is -2.64. The van der Waals surface area contributed by atoms with Gasteiger partial charge in [0.25, 0.3) is 5.91 Å². The van der Waals surface area contributed by atoms with E-state index in [1.807, 2.05) is 14.1 Å². The van der Waals surface area contributed by atoms with Gasteiger partial charge in [-0.25, -0.2) is 0 Å². The average Bonchev–Trinajstić information content (AvgIpc) is 2.85. The zero-order valence-electron chi connectivity index (χ0n) is 24.4. The van der Waals surface area contributed by atoms with Crippen molar-refractivity contribution in [3.63, 3.8) is 0 Å². The fraction of sp³-hybridized carbons (Fsp3) is 0.567. The van der Waals surface area contributed by atoms with Gasteiger partial charge in [0, 0.05) is 36.3 Å². The molecule has 1 aromatic carbocycles. The quantitative estimate of drug-likeness (QED) is 0.329. The van der Waals surface area contributed by atoms with Gasteiger partial charge in [0.2, 0.25) is 5.78 Å². The van der Waals surface area contributed by atoms with E-state index in [9.17, 15) is 34.8 Å². The number of rotatable bonds is 5. The van der Waals surface area contributed by atoms with Crippen molar-refractivity contribution in [3.8, 4) is 5.75 Å². The predicted molar refractivity (Wildman–Crippen MR) is 152 cm³/mol. The highest BCUT2D eigenvalue weighted by Crippen LogP contribution is 2.54. The number of aromatic hydroxyl groups is 1. The molecule has 41 heavy (non-hydrogen) atoms. The molecule has 11 nitrogen and oxygen atoms in total. The van der Waals surface area contributed by atoms with E-state index in [1.165, 1.54) is 0 Å². The molecule has 1 unspecified atom stereocenters. The Bertz CT molecular complexity index is 1410. The Morgan fingerprint density at radius 3 is 2.37 bits per heavy atom. The lowest BCUT2D eigenvalue weighted by Crippen LogP contribution is -2.63. The Hall–Kier alpha value is -3.41. The maximum atomic E-state index is 14.1. The molecule has 0 saturated carbocycles. The van der Waals surface area contributed by atoms with E-state index in [0.29, 0.717) is 11.5 Å². The number of fused-ring (bicyclic) bond motifs is 5. The number of nitrogens with two attached hydrogens (primary N) is 1. The van der Waals surface area contributed by atoms with E-state index in [2.05, 4.69) is 23.6 Å². The summed E-state index contributed by atoms with van der Waals surface area (Å²) in [6, 6.07) is 0.639. The molecule has 0 fully saturated rings. The smallest absolute Gasteiger partial charge is 0.255 e.